The summed E-state index contributed by atoms with van der Waals surface area (Å²) in [6, 6.07) is 3.97. The summed E-state index contributed by atoms with van der Waals surface area (Å²) in [5.41, 5.74) is 0.704. The number of hydrogen-bond acceptors (Lipinski definition) is 6. The van der Waals surface area contributed by atoms with Crippen LogP contribution in [0.1, 0.15) is 55.2 Å². The SMILES string of the molecule is BCc1cc(CB)c(CB)c(OC(=O)C23CC4CC(C2)CC(C(=O)OC(CS(=O)(=O)O)C(F)(F)F)(C4)C3)c1. The van der Waals surface area contributed by atoms with Crippen LogP contribution in [-0.4, -0.2) is 66.5 Å². The zero-order chi connectivity index (χ0) is 28.1. The molecule has 5 rings (SSSR count). The number of hydrogen-bond donors (Lipinski definition) is 1. The molecule has 4 aliphatic rings. The first-order valence-corrected chi connectivity index (χ1v) is 14.8. The van der Waals surface area contributed by atoms with Crippen molar-refractivity contribution < 1.29 is 45.2 Å². The Balaban J connectivity index is 1.62. The van der Waals surface area contributed by atoms with Crippen molar-refractivity contribution in [2.75, 3.05) is 5.75 Å². The first-order chi connectivity index (χ1) is 17.6. The summed E-state index contributed by atoms with van der Waals surface area (Å²) in [7, 11) is 0.968. The number of halogens is 3. The predicted octanol–water partition coefficient (Wildman–Crippen LogP) is 0.940. The lowest BCUT2D eigenvalue weighted by Gasteiger charge is -2.59. The van der Waals surface area contributed by atoms with Crippen LogP contribution in [0.25, 0.3) is 0 Å². The van der Waals surface area contributed by atoms with Crippen LogP contribution in [0.5, 0.6) is 5.75 Å². The topological polar surface area (TPSA) is 107 Å². The Morgan fingerprint density at radius 1 is 1.00 bits per heavy atom. The fourth-order valence-corrected chi connectivity index (χ4v) is 8.01. The third kappa shape index (κ3) is 5.66. The van der Waals surface area contributed by atoms with E-state index in [1.807, 2.05) is 29.6 Å². The molecule has 1 aromatic carbocycles. The van der Waals surface area contributed by atoms with E-state index in [2.05, 4.69) is 6.07 Å². The van der Waals surface area contributed by atoms with Gasteiger partial charge in [-0.25, -0.2) is 0 Å². The molecule has 4 saturated carbocycles. The van der Waals surface area contributed by atoms with Gasteiger partial charge in [0.05, 0.1) is 10.8 Å². The first kappa shape index (κ1) is 29.0. The highest BCUT2D eigenvalue weighted by Crippen LogP contribution is 2.66. The average molecular weight is 554 g/mol. The minimum atomic E-state index is -5.18. The standard InChI is InChI=1S/C24H32B3F3O7S/c25-8-13-2-16(9-26)17(10-27)18(3-13)36-20(31)22-4-14-1-15(5-22)7-23(6-14,12-22)21(32)37-19(24(28,29)30)11-38(33,34)35/h2-3,14-15,19H,1,4-12,25-27H2,(H,33,34,35). The molecule has 0 aromatic heterocycles. The van der Waals surface area contributed by atoms with Crippen LogP contribution < -0.4 is 4.74 Å². The van der Waals surface area contributed by atoms with Gasteiger partial charge in [0.1, 0.15) is 35.0 Å². The molecular formula is C24H32B3F3O7S. The molecule has 206 valence electrons. The Bertz CT molecular complexity index is 1210. The van der Waals surface area contributed by atoms with E-state index in [0.29, 0.717) is 24.9 Å². The molecule has 1 aromatic rings. The smallest absolute Gasteiger partial charge is 0.426 e. The highest BCUT2D eigenvalue weighted by atomic mass is 32.2. The van der Waals surface area contributed by atoms with Gasteiger partial charge in [0.25, 0.3) is 10.1 Å². The maximum atomic E-state index is 13.8. The van der Waals surface area contributed by atoms with Gasteiger partial charge >= 0.3 is 18.1 Å². The van der Waals surface area contributed by atoms with Gasteiger partial charge < -0.3 is 9.47 Å². The summed E-state index contributed by atoms with van der Waals surface area (Å²) < 4.78 is 82.6. The van der Waals surface area contributed by atoms with Gasteiger partial charge in [-0.1, -0.05) is 30.6 Å². The van der Waals surface area contributed by atoms with E-state index < -0.39 is 50.9 Å². The second kappa shape index (κ2) is 10.2. The molecule has 4 fully saturated rings. The summed E-state index contributed by atoms with van der Waals surface area (Å²) in [5, 5.41) is 0. The highest BCUT2D eigenvalue weighted by Gasteiger charge is 2.65. The van der Waals surface area contributed by atoms with Gasteiger partial charge in [-0.05, 0) is 67.6 Å². The summed E-state index contributed by atoms with van der Waals surface area (Å²) in [4.78, 5) is 27.1. The molecule has 4 aliphatic carbocycles. The van der Waals surface area contributed by atoms with Crippen molar-refractivity contribution in [2.45, 2.75) is 69.8 Å². The van der Waals surface area contributed by atoms with E-state index in [1.165, 1.54) is 0 Å². The minimum Gasteiger partial charge on any atom is -0.451 e. The summed E-state index contributed by atoms with van der Waals surface area (Å²) in [6.07, 6.45) is -3.68. The molecule has 0 amide bonds. The fourth-order valence-electron chi connectivity index (χ4n) is 7.37. The van der Waals surface area contributed by atoms with Gasteiger partial charge in [0, 0.05) is 0 Å². The molecule has 38 heavy (non-hydrogen) atoms. The van der Waals surface area contributed by atoms with Gasteiger partial charge in [-0.3, -0.25) is 14.1 Å². The van der Waals surface area contributed by atoms with Crippen LogP contribution in [0.15, 0.2) is 12.1 Å². The van der Waals surface area contributed by atoms with E-state index >= 15 is 0 Å². The second-order valence-electron chi connectivity index (χ2n) is 11.4. The van der Waals surface area contributed by atoms with E-state index in [1.54, 1.807) is 0 Å². The molecule has 0 spiro atoms. The summed E-state index contributed by atoms with van der Waals surface area (Å²) in [6.45, 7) is 0. The van der Waals surface area contributed by atoms with E-state index in [0.717, 1.165) is 35.8 Å². The Morgan fingerprint density at radius 3 is 2.05 bits per heavy atom. The molecule has 0 heterocycles. The number of ether oxygens (including phenoxy) is 2. The molecule has 4 bridgehead atoms. The molecule has 0 radical (unpaired) electrons. The third-order valence-corrected chi connectivity index (χ3v) is 9.33. The Morgan fingerprint density at radius 2 is 1.58 bits per heavy atom. The van der Waals surface area contributed by atoms with Crippen molar-refractivity contribution in [3.63, 3.8) is 0 Å². The zero-order valence-electron chi connectivity index (χ0n) is 21.9. The number of alkyl halides is 3. The van der Waals surface area contributed by atoms with Crippen molar-refractivity contribution in [3.8, 4) is 5.75 Å². The fraction of sp³-hybridized carbons (Fsp3) is 0.667. The van der Waals surface area contributed by atoms with Crippen molar-refractivity contribution in [1.82, 2.24) is 0 Å². The minimum absolute atomic E-state index is 0.00329. The van der Waals surface area contributed by atoms with E-state index in [9.17, 15) is 31.2 Å². The molecule has 3 atom stereocenters. The van der Waals surface area contributed by atoms with Crippen LogP contribution in [-0.2, 0) is 43.4 Å². The molecular weight excluding hydrogens is 522 g/mol. The normalized spacial score (nSPS) is 29.2. The average Bonchev–Trinajstić information content (AvgIpc) is 2.80. The van der Waals surface area contributed by atoms with Crippen molar-refractivity contribution >= 4 is 45.6 Å². The van der Waals surface area contributed by atoms with Gasteiger partial charge in [-0.15, -0.1) is 0 Å². The molecule has 1 N–H and O–H groups in total. The lowest BCUT2D eigenvalue weighted by Crippen LogP contribution is -2.59. The van der Waals surface area contributed by atoms with Gasteiger partial charge in [0.15, 0.2) is 0 Å². The molecule has 0 aliphatic heterocycles. The first-order valence-electron chi connectivity index (χ1n) is 13.2. The van der Waals surface area contributed by atoms with Gasteiger partial charge in [0.2, 0.25) is 6.10 Å². The van der Waals surface area contributed by atoms with Crippen molar-refractivity contribution in [1.29, 1.82) is 0 Å². The maximum absolute atomic E-state index is 13.8. The lowest BCUT2D eigenvalue weighted by molar-refractivity contribution is -0.230. The van der Waals surface area contributed by atoms with Crippen LogP contribution >= 0.6 is 0 Å². The maximum Gasteiger partial charge on any atom is 0.426 e. The quantitative estimate of drug-likeness (QED) is 0.210. The van der Waals surface area contributed by atoms with Crippen LogP contribution in [0.2, 0.25) is 0 Å². The monoisotopic (exact) mass is 554 g/mol. The summed E-state index contributed by atoms with van der Waals surface area (Å²) in [5.74, 6) is -3.02. The van der Waals surface area contributed by atoms with Crippen molar-refractivity contribution in [2.24, 2.45) is 22.7 Å². The highest BCUT2D eigenvalue weighted by molar-refractivity contribution is 7.85. The molecule has 3 unspecified atom stereocenters. The van der Waals surface area contributed by atoms with Crippen LogP contribution in [0.3, 0.4) is 0 Å². The van der Waals surface area contributed by atoms with Gasteiger partial charge in [-0.2, -0.15) is 21.6 Å². The number of benzene rings is 1. The van der Waals surface area contributed by atoms with Crippen LogP contribution in [0, 0.1) is 22.7 Å². The van der Waals surface area contributed by atoms with Crippen molar-refractivity contribution in [3.05, 3.63) is 28.8 Å². The zero-order valence-corrected chi connectivity index (χ0v) is 22.7. The third-order valence-electron chi connectivity index (χ3n) is 8.61. The number of carbonyl (C=O) groups is 2. The van der Waals surface area contributed by atoms with E-state index in [4.69, 9.17) is 14.0 Å². The van der Waals surface area contributed by atoms with E-state index in [-0.39, 0.29) is 31.1 Å². The number of rotatable bonds is 9. The summed E-state index contributed by atoms with van der Waals surface area (Å²) >= 11 is 0. The Kier molecular flexibility index (Phi) is 7.82. The Labute approximate surface area is 223 Å². The predicted molar refractivity (Wildman–Crippen MR) is 141 cm³/mol. The van der Waals surface area contributed by atoms with Crippen LogP contribution in [0.4, 0.5) is 13.2 Å². The Hall–Kier alpha value is -1.95. The number of esters is 2. The molecule has 0 saturated heterocycles. The number of carbonyl (C=O) groups excluding carboxylic acids is 2. The molecule has 7 nitrogen and oxygen atoms in total. The molecule has 14 heteroatoms. The largest absolute Gasteiger partial charge is 0.451 e. The second-order valence-corrected chi connectivity index (χ2v) is 12.9. The lowest BCUT2D eigenvalue weighted by atomic mass is 9.44.